The van der Waals surface area contributed by atoms with E-state index in [1.165, 1.54) is 0 Å². The summed E-state index contributed by atoms with van der Waals surface area (Å²) >= 11 is 1.16. The van der Waals surface area contributed by atoms with E-state index in [0.29, 0.717) is 10.8 Å². The van der Waals surface area contributed by atoms with Crippen LogP contribution in [0.1, 0.15) is 12.8 Å². The SMILES string of the molecule is O=C(CSc1nc2ccccc2o1)NC(C(=O)O)C1CC1. The van der Waals surface area contributed by atoms with Gasteiger partial charge in [-0.2, -0.15) is 0 Å². The molecule has 1 aromatic heterocycles. The zero-order chi connectivity index (χ0) is 14.8. The number of para-hydroxylation sites is 2. The van der Waals surface area contributed by atoms with Crippen LogP contribution in [0.15, 0.2) is 33.9 Å². The first kappa shape index (κ1) is 13.9. The van der Waals surface area contributed by atoms with Gasteiger partial charge in [-0.1, -0.05) is 23.9 Å². The number of carbonyl (C=O) groups is 2. The van der Waals surface area contributed by atoms with Gasteiger partial charge >= 0.3 is 5.97 Å². The molecule has 1 aliphatic carbocycles. The molecule has 0 aliphatic heterocycles. The molecule has 1 amide bonds. The van der Waals surface area contributed by atoms with Gasteiger partial charge in [-0.05, 0) is 30.9 Å². The van der Waals surface area contributed by atoms with E-state index in [1.54, 1.807) is 6.07 Å². The van der Waals surface area contributed by atoms with Crippen molar-refractivity contribution in [1.82, 2.24) is 10.3 Å². The maximum atomic E-state index is 11.8. The Bertz CT molecular complexity index is 647. The van der Waals surface area contributed by atoms with E-state index in [-0.39, 0.29) is 17.6 Å². The maximum Gasteiger partial charge on any atom is 0.326 e. The van der Waals surface area contributed by atoms with Gasteiger partial charge in [-0.25, -0.2) is 9.78 Å². The number of aromatic nitrogens is 1. The number of benzene rings is 1. The summed E-state index contributed by atoms with van der Waals surface area (Å²) in [7, 11) is 0. The normalized spacial score (nSPS) is 15.8. The van der Waals surface area contributed by atoms with Crippen LogP contribution in [0.2, 0.25) is 0 Å². The quantitative estimate of drug-likeness (QED) is 0.792. The molecule has 1 saturated carbocycles. The summed E-state index contributed by atoms with van der Waals surface area (Å²) in [6.45, 7) is 0. The number of nitrogens with zero attached hydrogens (tertiary/aromatic N) is 1. The molecule has 0 spiro atoms. The maximum absolute atomic E-state index is 11.8. The van der Waals surface area contributed by atoms with E-state index in [4.69, 9.17) is 9.52 Å². The monoisotopic (exact) mass is 306 g/mol. The lowest BCUT2D eigenvalue weighted by Gasteiger charge is -2.12. The number of hydrogen-bond donors (Lipinski definition) is 2. The van der Waals surface area contributed by atoms with Gasteiger partial charge < -0.3 is 14.8 Å². The lowest BCUT2D eigenvalue weighted by Crippen LogP contribution is -2.43. The van der Waals surface area contributed by atoms with E-state index in [9.17, 15) is 9.59 Å². The van der Waals surface area contributed by atoms with Gasteiger partial charge in [-0.15, -0.1) is 0 Å². The summed E-state index contributed by atoms with van der Waals surface area (Å²) in [5, 5.41) is 12.0. The fourth-order valence-corrected chi connectivity index (χ4v) is 2.72. The van der Waals surface area contributed by atoms with Crippen LogP contribution in [0.3, 0.4) is 0 Å². The molecule has 1 aliphatic rings. The molecule has 0 saturated heterocycles. The molecule has 2 N–H and O–H groups in total. The number of aliphatic carboxylic acids is 1. The number of nitrogens with one attached hydrogen (secondary N) is 1. The lowest BCUT2D eigenvalue weighted by molar-refractivity contribution is -0.142. The van der Waals surface area contributed by atoms with Crippen molar-refractivity contribution in [3.8, 4) is 0 Å². The number of carboxylic acids is 1. The third kappa shape index (κ3) is 3.36. The van der Waals surface area contributed by atoms with Gasteiger partial charge in [0.15, 0.2) is 5.58 Å². The second-order valence-electron chi connectivity index (χ2n) is 4.96. The number of oxazole rings is 1. The molecule has 1 unspecified atom stereocenters. The standard InChI is InChI=1S/C14H14N2O4S/c17-11(16-12(13(18)19)8-5-6-8)7-21-14-15-9-3-1-2-4-10(9)20-14/h1-4,8,12H,5-7H2,(H,16,17)(H,18,19). The van der Waals surface area contributed by atoms with Crippen molar-refractivity contribution in [2.24, 2.45) is 5.92 Å². The zero-order valence-electron chi connectivity index (χ0n) is 11.1. The highest BCUT2D eigenvalue weighted by Crippen LogP contribution is 2.32. The van der Waals surface area contributed by atoms with E-state index >= 15 is 0 Å². The first-order valence-electron chi connectivity index (χ1n) is 6.64. The molecular formula is C14H14N2O4S. The molecule has 110 valence electrons. The highest BCUT2D eigenvalue weighted by Gasteiger charge is 2.37. The van der Waals surface area contributed by atoms with E-state index in [2.05, 4.69) is 10.3 Å². The Morgan fingerprint density at radius 2 is 2.19 bits per heavy atom. The molecule has 3 rings (SSSR count). The number of fused-ring (bicyclic) bond motifs is 1. The van der Waals surface area contributed by atoms with Crippen LogP contribution in [0.25, 0.3) is 11.1 Å². The fraction of sp³-hybridized carbons (Fsp3) is 0.357. The summed E-state index contributed by atoms with van der Waals surface area (Å²) in [5.74, 6) is -1.14. The molecule has 1 aromatic carbocycles. The Morgan fingerprint density at radius 1 is 1.43 bits per heavy atom. The minimum Gasteiger partial charge on any atom is -0.480 e. The second-order valence-corrected chi connectivity index (χ2v) is 5.88. The van der Waals surface area contributed by atoms with Crippen LogP contribution in [0.5, 0.6) is 0 Å². The van der Waals surface area contributed by atoms with E-state index < -0.39 is 12.0 Å². The van der Waals surface area contributed by atoms with Crippen molar-refractivity contribution in [2.45, 2.75) is 24.1 Å². The van der Waals surface area contributed by atoms with Gasteiger partial charge in [0.1, 0.15) is 11.6 Å². The van der Waals surface area contributed by atoms with E-state index in [1.807, 2.05) is 18.2 Å². The van der Waals surface area contributed by atoms with Gasteiger partial charge in [0.2, 0.25) is 5.91 Å². The fourth-order valence-electron chi connectivity index (χ4n) is 2.07. The molecular weight excluding hydrogens is 292 g/mol. The summed E-state index contributed by atoms with van der Waals surface area (Å²) in [6, 6.07) is 6.57. The predicted octanol–water partition coefficient (Wildman–Crippen LogP) is 1.90. The van der Waals surface area contributed by atoms with Crippen molar-refractivity contribution < 1.29 is 19.1 Å². The van der Waals surface area contributed by atoms with Crippen LogP contribution in [-0.4, -0.2) is 33.8 Å². The number of thioether (sulfide) groups is 1. The van der Waals surface area contributed by atoms with Crippen molar-refractivity contribution in [3.63, 3.8) is 0 Å². The summed E-state index contributed by atoms with van der Waals surface area (Å²) in [6.07, 6.45) is 1.71. The molecule has 6 nitrogen and oxygen atoms in total. The van der Waals surface area contributed by atoms with Crippen LogP contribution >= 0.6 is 11.8 Å². The van der Waals surface area contributed by atoms with Crippen molar-refractivity contribution in [1.29, 1.82) is 0 Å². The minimum atomic E-state index is -0.974. The Kier molecular flexibility index (Phi) is 3.83. The molecule has 1 fully saturated rings. The molecule has 2 aromatic rings. The minimum absolute atomic E-state index is 0.0702. The largest absolute Gasteiger partial charge is 0.480 e. The second kappa shape index (κ2) is 5.77. The van der Waals surface area contributed by atoms with Crippen molar-refractivity contribution >= 4 is 34.7 Å². The third-order valence-electron chi connectivity index (χ3n) is 3.28. The molecule has 0 radical (unpaired) electrons. The van der Waals surface area contributed by atoms with Crippen molar-refractivity contribution in [2.75, 3.05) is 5.75 Å². The predicted molar refractivity (Wildman–Crippen MR) is 77.0 cm³/mol. The summed E-state index contributed by atoms with van der Waals surface area (Å²) in [5.41, 5.74) is 1.41. The van der Waals surface area contributed by atoms with Crippen LogP contribution in [0, 0.1) is 5.92 Å². The molecule has 0 bridgehead atoms. The summed E-state index contributed by atoms with van der Waals surface area (Å²) < 4.78 is 5.49. The van der Waals surface area contributed by atoms with Gasteiger partial charge in [-0.3, -0.25) is 4.79 Å². The van der Waals surface area contributed by atoms with Crippen LogP contribution in [-0.2, 0) is 9.59 Å². The number of rotatable bonds is 6. The first-order valence-corrected chi connectivity index (χ1v) is 7.62. The average molecular weight is 306 g/mol. The Balaban J connectivity index is 1.56. The smallest absolute Gasteiger partial charge is 0.326 e. The van der Waals surface area contributed by atoms with E-state index in [0.717, 1.165) is 30.1 Å². The molecule has 1 atom stereocenters. The number of carbonyl (C=O) groups excluding carboxylic acids is 1. The highest BCUT2D eigenvalue weighted by atomic mass is 32.2. The average Bonchev–Trinajstić information content (AvgIpc) is 3.20. The number of amides is 1. The lowest BCUT2D eigenvalue weighted by atomic mass is 10.2. The van der Waals surface area contributed by atoms with Gasteiger partial charge in [0.05, 0.1) is 5.75 Å². The Labute approximate surface area is 124 Å². The van der Waals surface area contributed by atoms with Crippen molar-refractivity contribution in [3.05, 3.63) is 24.3 Å². The number of hydrogen-bond acceptors (Lipinski definition) is 5. The topological polar surface area (TPSA) is 92.4 Å². The molecule has 21 heavy (non-hydrogen) atoms. The molecule has 1 heterocycles. The van der Waals surface area contributed by atoms with Gasteiger partial charge in [0, 0.05) is 0 Å². The Morgan fingerprint density at radius 3 is 2.86 bits per heavy atom. The highest BCUT2D eigenvalue weighted by molar-refractivity contribution is 7.99. The third-order valence-corrected chi connectivity index (χ3v) is 4.11. The summed E-state index contributed by atoms with van der Waals surface area (Å²) in [4.78, 5) is 27.1. The Hall–Kier alpha value is -2.02. The number of carboxylic acid groups (broad SMARTS) is 1. The van der Waals surface area contributed by atoms with Gasteiger partial charge in [0.25, 0.3) is 5.22 Å². The zero-order valence-corrected chi connectivity index (χ0v) is 11.9. The van der Waals surface area contributed by atoms with Crippen LogP contribution < -0.4 is 5.32 Å². The van der Waals surface area contributed by atoms with Crippen LogP contribution in [0.4, 0.5) is 0 Å². The molecule has 7 heteroatoms. The first-order chi connectivity index (χ1) is 10.1.